The van der Waals surface area contributed by atoms with E-state index in [1.165, 1.54) is 20.3 Å². The van der Waals surface area contributed by atoms with Crippen molar-refractivity contribution in [2.45, 2.75) is 13.8 Å². The van der Waals surface area contributed by atoms with Crippen molar-refractivity contribution in [2.24, 2.45) is 0 Å². The summed E-state index contributed by atoms with van der Waals surface area (Å²) < 4.78 is 10.4. The molecule has 0 unspecified atom stereocenters. The number of aromatic nitrogens is 1. The van der Waals surface area contributed by atoms with E-state index in [0.29, 0.717) is 16.7 Å². The lowest BCUT2D eigenvalue weighted by Gasteiger charge is -2.13. The van der Waals surface area contributed by atoms with Gasteiger partial charge < -0.3 is 9.47 Å². The highest BCUT2D eigenvalue weighted by Crippen LogP contribution is 2.42. The Bertz CT molecular complexity index is 667. The van der Waals surface area contributed by atoms with Gasteiger partial charge in [-0.1, -0.05) is 0 Å². The van der Waals surface area contributed by atoms with E-state index in [9.17, 15) is 10.1 Å². The van der Waals surface area contributed by atoms with Gasteiger partial charge in [0.15, 0.2) is 5.75 Å². The molecule has 0 amide bonds. The SMILES string of the molecule is COc1cc([N+](=O)[O-])c(OC)c2c(C)c(C)cnc12. The summed E-state index contributed by atoms with van der Waals surface area (Å²) >= 11 is 0. The summed E-state index contributed by atoms with van der Waals surface area (Å²) in [6, 6.07) is 1.34. The largest absolute Gasteiger partial charge is 0.494 e. The van der Waals surface area contributed by atoms with E-state index < -0.39 is 4.92 Å². The van der Waals surface area contributed by atoms with E-state index in [2.05, 4.69) is 4.98 Å². The third-order valence-electron chi connectivity index (χ3n) is 3.17. The first-order valence-corrected chi connectivity index (χ1v) is 5.66. The summed E-state index contributed by atoms with van der Waals surface area (Å²) in [4.78, 5) is 14.9. The van der Waals surface area contributed by atoms with Crippen LogP contribution < -0.4 is 9.47 Å². The molecule has 0 saturated carbocycles. The minimum Gasteiger partial charge on any atom is -0.494 e. The zero-order chi connectivity index (χ0) is 14.2. The summed E-state index contributed by atoms with van der Waals surface area (Å²) in [7, 11) is 2.87. The van der Waals surface area contributed by atoms with Gasteiger partial charge in [-0.3, -0.25) is 15.1 Å². The van der Waals surface area contributed by atoms with E-state index in [0.717, 1.165) is 11.1 Å². The molecule has 0 radical (unpaired) electrons. The number of ether oxygens (including phenoxy) is 2. The number of hydrogen-bond acceptors (Lipinski definition) is 5. The molecule has 0 aliphatic rings. The third kappa shape index (κ3) is 1.95. The van der Waals surface area contributed by atoms with Crippen molar-refractivity contribution in [3.05, 3.63) is 33.5 Å². The maximum absolute atomic E-state index is 11.1. The summed E-state index contributed by atoms with van der Waals surface area (Å²) in [5, 5.41) is 11.8. The number of benzene rings is 1. The lowest BCUT2D eigenvalue weighted by molar-refractivity contribution is -0.385. The van der Waals surface area contributed by atoms with Gasteiger partial charge in [0, 0.05) is 6.20 Å². The Morgan fingerprint density at radius 1 is 1.26 bits per heavy atom. The second-order valence-electron chi connectivity index (χ2n) is 4.18. The topological polar surface area (TPSA) is 74.5 Å². The van der Waals surface area contributed by atoms with Crippen LogP contribution in [0.1, 0.15) is 11.1 Å². The fraction of sp³-hybridized carbons (Fsp3) is 0.308. The predicted molar refractivity (Wildman–Crippen MR) is 71.0 cm³/mol. The van der Waals surface area contributed by atoms with E-state index in [1.54, 1.807) is 6.20 Å². The van der Waals surface area contributed by atoms with Crippen molar-refractivity contribution < 1.29 is 14.4 Å². The molecule has 0 bridgehead atoms. The van der Waals surface area contributed by atoms with E-state index in [4.69, 9.17) is 9.47 Å². The van der Waals surface area contributed by atoms with Crippen molar-refractivity contribution in [1.29, 1.82) is 0 Å². The van der Waals surface area contributed by atoms with Crippen LogP contribution >= 0.6 is 0 Å². The minimum atomic E-state index is -0.484. The highest BCUT2D eigenvalue weighted by atomic mass is 16.6. The van der Waals surface area contributed by atoms with Gasteiger partial charge in [0.2, 0.25) is 5.75 Å². The Morgan fingerprint density at radius 3 is 2.47 bits per heavy atom. The van der Waals surface area contributed by atoms with Gasteiger partial charge in [-0.2, -0.15) is 0 Å². The number of nitro groups is 1. The molecule has 19 heavy (non-hydrogen) atoms. The summed E-state index contributed by atoms with van der Waals surface area (Å²) in [5.74, 6) is 0.583. The number of fused-ring (bicyclic) bond motifs is 1. The minimum absolute atomic E-state index is 0.123. The summed E-state index contributed by atoms with van der Waals surface area (Å²) in [6.45, 7) is 3.78. The molecule has 2 rings (SSSR count). The zero-order valence-corrected chi connectivity index (χ0v) is 11.2. The van der Waals surface area contributed by atoms with Gasteiger partial charge in [0.05, 0.1) is 30.6 Å². The fourth-order valence-electron chi connectivity index (χ4n) is 2.05. The molecule has 0 atom stereocenters. The number of pyridine rings is 1. The molecule has 1 heterocycles. The Morgan fingerprint density at radius 2 is 1.95 bits per heavy atom. The molecule has 6 nitrogen and oxygen atoms in total. The standard InChI is InChI=1S/C13H14N2O4/c1-7-6-14-12-10(18-3)5-9(15(16)17)13(19-4)11(12)8(7)2/h5-6H,1-4H3. The Labute approximate surface area is 110 Å². The highest BCUT2D eigenvalue weighted by molar-refractivity contribution is 5.96. The zero-order valence-electron chi connectivity index (χ0n) is 11.2. The van der Waals surface area contributed by atoms with Crippen LogP contribution in [0.4, 0.5) is 5.69 Å². The predicted octanol–water partition coefficient (Wildman–Crippen LogP) is 2.78. The first-order chi connectivity index (χ1) is 9.01. The summed E-state index contributed by atoms with van der Waals surface area (Å²) in [5.41, 5.74) is 2.27. The molecular formula is C13H14N2O4. The van der Waals surface area contributed by atoms with Gasteiger partial charge >= 0.3 is 5.69 Å². The van der Waals surface area contributed by atoms with Crippen LogP contribution in [0.2, 0.25) is 0 Å². The van der Waals surface area contributed by atoms with Crippen molar-refractivity contribution in [1.82, 2.24) is 4.98 Å². The molecule has 0 aliphatic heterocycles. The van der Waals surface area contributed by atoms with E-state index >= 15 is 0 Å². The molecule has 6 heteroatoms. The molecule has 0 N–H and O–H groups in total. The van der Waals surface area contributed by atoms with Crippen LogP contribution in [-0.2, 0) is 0 Å². The lowest BCUT2D eigenvalue weighted by Crippen LogP contribution is -2.00. The van der Waals surface area contributed by atoms with Crippen LogP contribution in [0.25, 0.3) is 10.9 Å². The smallest absolute Gasteiger partial charge is 0.315 e. The first-order valence-electron chi connectivity index (χ1n) is 5.66. The van der Waals surface area contributed by atoms with Crippen LogP contribution in [-0.4, -0.2) is 24.1 Å². The number of nitrogens with zero attached hydrogens (tertiary/aromatic N) is 2. The van der Waals surface area contributed by atoms with Gasteiger partial charge in [-0.05, 0) is 25.0 Å². The van der Waals surface area contributed by atoms with Crippen LogP contribution in [0, 0.1) is 24.0 Å². The second-order valence-corrected chi connectivity index (χ2v) is 4.18. The summed E-state index contributed by atoms with van der Waals surface area (Å²) in [6.07, 6.45) is 1.71. The van der Waals surface area contributed by atoms with Crippen LogP contribution in [0.15, 0.2) is 12.3 Å². The average molecular weight is 262 g/mol. The number of aryl methyl sites for hydroxylation is 2. The second kappa shape index (κ2) is 4.72. The Hall–Kier alpha value is -2.37. The molecule has 1 aromatic heterocycles. The monoisotopic (exact) mass is 262 g/mol. The van der Waals surface area contributed by atoms with Gasteiger partial charge in [0.1, 0.15) is 5.52 Å². The maximum Gasteiger partial charge on any atom is 0.315 e. The van der Waals surface area contributed by atoms with Crippen molar-refractivity contribution >= 4 is 16.6 Å². The van der Waals surface area contributed by atoms with Gasteiger partial charge in [-0.15, -0.1) is 0 Å². The Balaban J connectivity index is 3.02. The molecule has 100 valence electrons. The maximum atomic E-state index is 11.1. The molecule has 1 aromatic carbocycles. The average Bonchev–Trinajstić information content (AvgIpc) is 2.40. The molecule has 0 aliphatic carbocycles. The van der Waals surface area contributed by atoms with Gasteiger partial charge in [-0.25, -0.2) is 0 Å². The number of nitro benzene ring substituents is 1. The van der Waals surface area contributed by atoms with Crippen LogP contribution in [0.5, 0.6) is 11.5 Å². The number of hydrogen-bond donors (Lipinski definition) is 0. The number of rotatable bonds is 3. The van der Waals surface area contributed by atoms with Crippen molar-refractivity contribution in [2.75, 3.05) is 14.2 Å². The van der Waals surface area contributed by atoms with Crippen LogP contribution in [0.3, 0.4) is 0 Å². The molecular weight excluding hydrogens is 248 g/mol. The Kier molecular flexibility index (Phi) is 3.25. The van der Waals surface area contributed by atoms with Gasteiger partial charge in [0.25, 0.3) is 0 Å². The molecule has 0 spiro atoms. The normalized spacial score (nSPS) is 10.5. The molecule has 2 aromatic rings. The number of methoxy groups -OCH3 is 2. The fourth-order valence-corrected chi connectivity index (χ4v) is 2.05. The van der Waals surface area contributed by atoms with E-state index in [-0.39, 0.29) is 11.4 Å². The van der Waals surface area contributed by atoms with Crippen molar-refractivity contribution in [3.8, 4) is 11.5 Å². The highest BCUT2D eigenvalue weighted by Gasteiger charge is 2.24. The first kappa shape index (κ1) is 13.1. The lowest BCUT2D eigenvalue weighted by atomic mass is 10.0. The molecule has 0 saturated heterocycles. The quantitative estimate of drug-likeness (QED) is 0.628. The third-order valence-corrected chi connectivity index (χ3v) is 3.17. The molecule has 0 fully saturated rings. The van der Waals surface area contributed by atoms with E-state index in [1.807, 2.05) is 13.8 Å². The van der Waals surface area contributed by atoms with Crippen molar-refractivity contribution in [3.63, 3.8) is 0 Å².